The third kappa shape index (κ3) is 2.92. The molecule has 22 heavy (non-hydrogen) atoms. The topological polar surface area (TPSA) is 112 Å². The van der Waals surface area contributed by atoms with Gasteiger partial charge in [-0.2, -0.15) is 0 Å². The Bertz CT molecular complexity index is 700. The molecule has 0 saturated carbocycles. The van der Waals surface area contributed by atoms with E-state index in [0.29, 0.717) is 36.5 Å². The van der Waals surface area contributed by atoms with Crippen LogP contribution in [0, 0.1) is 0 Å². The number of likely N-dealkylation sites (tertiary alicyclic amines) is 1. The first kappa shape index (κ1) is 14.1. The van der Waals surface area contributed by atoms with E-state index in [4.69, 9.17) is 0 Å². The molecule has 2 aromatic heterocycles. The van der Waals surface area contributed by atoms with Crippen LogP contribution >= 0.6 is 0 Å². The number of fused-ring (bicyclic) bond motifs is 1. The standard InChI is InChI=1S/C13H16N6O3/c1-22-13(21)19-5-3-8(7-19)16-12(20)18-10-6-15-11-9(17-10)2-4-14-11/h2,4,6,8H,3,5,7H2,1H3,(H,14,15)(H2,16,17,18,20)/t8-/m1/s1. The third-order valence-electron chi connectivity index (χ3n) is 3.46. The van der Waals surface area contributed by atoms with Crippen molar-refractivity contribution < 1.29 is 14.3 Å². The summed E-state index contributed by atoms with van der Waals surface area (Å²) in [5.41, 5.74) is 1.34. The number of amides is 3. The minimum Gasteiger partial charge on any atom is -0.453 e. The monoisotopic (exact) mass is 304 g/mol. The van der Waals surface area contributed by atoms with E-state index in [1.54, 1.807) is 17.2 Å². The molecule has 0 aromatic carbocycles. The van der Waals surface area contributed by atoms with E-state index in [2.05, 4.69) is 30.3 Å². The molecule has 3 amide bonds. The summed E-state index contributed by atoms with van der Waals surface area (Å²) >= 11 is 0. The summed E-state index contributed by atoms with van der Waals surface area (Å²) in [4.78, 5) is 36.2. The number of carbonyl (C=O) groups is 2. The van der Waals surface area contributed by atoms with Crippen molar-refractivity contribution >= 4 is 29.1 Å². The second-order valence-electron chi connectivity index (χ2n) is 4.97. The lowest BCUT2D eigenvalue weighted by atomic mass is 10.3. The molecular formula is C13H16N6O3. The number of nitrogens with one attached hydrogen (secondary N) is 3. The molecule has 3 N–H and O–H groups in total. The Morgan fingerprint density at radius 3 is 3.18 bits per heavy atom. The van der Waals surface area contributed by atoms with E-state index in [-0.39, 0.29) is 18.2 Å². The fourth-order valence-corrected chi connectivity index (χ4v) is 2.40. The van der Waals surface area contributed by atoms with Gasteiger partial charge in [-0.15, -0.1) is 0 Å². The molecule has 0 unspecified atom stereocenters. The van der Waals surface area contributed by atoms with Crippen LogP contribution < -0.4 is 10.6 Å². The number of H-pyrrole nitrogens is 1. The van der Waals surface area contributed by atoms with Crippen molar-refractivity contribution in [3.8, 4) is 0 Å². The minimum absolute atomic E-state index is 0.108. The lowest BCUT2D eigenvalue weighted by Gasteiger charge is -2.15. The zero-order valence-corrected chi connectivity index (χ0v) is 12.0. The number of aromatic amines is 1. The Morgan fingerprint density at radius 1 is 1.50 bits per heavy atom. The molecule has 0 aliphatic carbocycles. The first-order chi connectivity index (χ1) is 10.7. The Hall–Kier alpha value is -2.84. The number of hydrogen-bond donors (Lipinski definition) is 3. The van der Waals surface area contributed by atoms with Crippen LogP contribution in [0.3, 0.4) is 0 Å². The highest BCUT2D eigenvalue weighted by molar-refractivity contribution is 5.89. The second kappa shape index (κ2) is 5.88. The summed E-state index contributed by atoms with van der Waals surface area (Å²) in [5, 5.41) is 5.44. The first-order valence-electron chi connectivity index (χ1n) is 6.86. The van der Waals surface area contributed by atoms with Gasteiger partial charge in [-0.3, -0.25) is 5.32 Å². The molecule has 0 bridgehead atoms. The van der Waals surface area contributed by atoms with Gasteiger partial charge in [0.2, 0.25) is 0 Å². The van der Waals surface area contributed by atoms with Crippen LogP contribution in [0.1, 0.15) is 6.42 Å². The van der Waals surface area contributed by atoms with Crippen molar-refractivity contribution in [2.24, 2.45) is 0 Å². The lowest BCUT2D eigenvalue weighted by Crippen LogP contribution is -2.40. The number of hydrogen-bond acceptors (Lipinski definition) is 5. The summed E-state index contributed by atoms with van der Waals surface area (Å²) in [6.07, 6.45) is 3.52. The summed E-state index contributed by atoms with van der Waals surface area (Å²) in [6, 6.07) is 1.29. The van der Waals surface area contributed by atoms with Crippen LogP contribution in [-0.2, 0) is 4.74 Å². The van der Waals surface area contributed by atoms with Crippen molar-refractivity contribution in [3.05, 3.63) is 18.5 Å². The van der Waals surface area contributed by atoms with Gasteiger partial charge in [0.15, 0.2) is 11.5 Å². The Balaban J connectivity index is 1.55. The van der Waals surface area contributed by atoms with Crippen molar-refractivity contribution in [3.63, 3.8) is 0 Å². The number of rotatable bonds is 2. The van der Waals surface area contributed by atoms with Crippen LogP contribution in [0.2, 0.25) is 0 Å². The van der Waals surface area contributed by atoms with Crippen molar-refractivity contribution in [2.75, 3.05) is 25.5 Å². The molecular weight excluding hydrogens is 288 g/mol. The fraction of sp³-hybridized carbons (Fsp3) is 0.385. The fourth-order valence-electron chi connectivity index (χ4n) is 2.40. The Morgan fingerprint density at radius 2 is 2.36 bits per heavy atom. The average Bonchev–Trinajstić information content (AvgIpc) is 3.14. The zero-order chi connectivity index (χ0) is 15.5. The number of aromatic nitrogens is 3. The number of ether oxygens (including phenoxy) is 1. The molecule has 1 saturated heterocycles. The van der Waals surface area contributed by atoms with Crippen molar-refractivity contribution in [1.82, 2.24) is 25.2 Å². The molecule has 1 fully saturated rings. The number of urea groups is 1. The zero-order valence-electron chi connectivity index (χ0n) is 12.0. The average molecular weight is 304 g/mol. The normalized spacial score (nSPS) is 17.5. The van der Waals surface area contributed by atoms with E-state index in [1.807, 2.05) is 0 Å². The minimum atomic E-state index is -0.381. The largest absolute Gasteiger partial charge is 0.453 e. The van der Waals surface area contributed by atoms with Gasteiger partial charge in [0.05, 0.1) is 13.3 Å². The highest BCUT2D eigenvalue weighted by Gasteiger charge is 2.27. The first-order valence-corrected chi connectivity index (χ1v) is 6.86. The number of anilines is 1. The summed E-state index contributed by atoms with van der Waals surface area (Å²) in [6.45, 7) is 0.995. The number of carbonyl (C=O) groups excluding carboxylic acids is 2. The van der Waals surface area contributed by atoms with Crippen molar-refractivity contribution in [1.29, 1.82) is 0 Å². The highest BCUT2D eigenvalue weighted by Crippen LogP contribution is 2.12. The van der Waals surface area contributed by atoms with Gasteiger partial charge >= 0.3 is 12.1 Å². The van der Waals surface area contributed by atoms with E-state index in [1.165, 1.54) is 13.3 Å². The smallest absolute Gasteiger partial charge is 0.409 e. The van der Waals surface area contributed by atoms with Crippen LogP contribution in [0.15, 0.2) is 18.5 Å². The van der Waals surface area contributed by atoms with Gasteiger partial charge in [-0.05, 0) is 12.5 Å². The number of methoxy groups -OCH3 is 1. The highest BCUT2D eigenvalue weighted by atomic mass is 16.5. The van der Waals surface area contributed by atoms with Crippen molar-refractivity contribution in [2.45, 2.75) is 12.5 Å². The van der Waals surface area contributed by atoms with Crippen LogP contribution in [0.5, 0.6) is 0 Å². The maximum absolute atomic E-state index is 12.0. The van der Waals surface area contributed by atoms with E-state index < -0.39 is 0 Å². The molecule has 1 atom stereocenters. The summed E-state index contributed by atoms with van der Waals surface area (Å²) in [7, 11) is 1.34. The van der Waals surface area contributed by atoms with E-state index >= 15 is 0 Å². The van der Waals surface area contributed by atoms with Gasteiger partial charge in [-0.1, -0.05) is 0 Å². The van der Waals surface area contributed by atoms with Gasteiger partial charge in [0.25, 0.3) is 0 Å². The maximum atomic E-state index is 12.0. The summed E-state index contributed by atoms with van der Waals surface area (Å²) < 4.78 is 4.65. The van der Waals surface area contributed by atoms with Gasteiger partial charge in [0.1, 0.15) is 5.52 Å². The molecule has 0 spiro atoms. The Kier molecular flexibility index (Phi) is 3.77. The molecule has 2 aromatic rings. The molecule has 1 aliphatic rings. The van der Waals surface area contributed by atoms with Crippen LogP contribution in [0.25, 0.3) is 11.2 Å². The van der Waals surface area contributed by atoms with Crippen LogP contribution in [0.4, 0.5) is 15.4 Å². The van der Waals surface area contributed by atoms with E-state index in [9.17, 15) is 9.59 Å². The lowest BCUT2D eigenvalue weighted by molar-refractivity contribution is 0.132. The van der Waals surface area contributed by atoms with Gasteiger partial charge in [0, 0.05) is 25.3 Å². The predicted octanol–water partition coefficient (Wildman–Crippen LogP) is 0.920. The van der Waals surface area contributed by atoms with E-state index in [0.717, 1.165) is 0 Å². The van der Waals surface area contributed by atoms with Crippen LogP contribution in [-0.4, -0.2) is 58.2 Å². The molecule has 9 heteroatoms. The second-order valence-corrected chi connectivity index (χ2v) is 4.97. The predicted molar refractivity (Wildman–Crippen MR) is 78.4 cm³/mol. The SMILES string of the molecule is COC(=O)N1CC[C@@H](NC(=O)Nc2cnc3[nH]ccc3n2)C1. The molecule has 1 aliphatic heterocycles. The molecule has 9 nitrogen and oxygen atoms in total. The molecule has 116 valence electrons. The summed E-state index contributed by atoms with van der Waals surface area (Å²) in [5.74, 6) is 0.368. The molecule has 0 radical (unpaired) electrons. The maximum Gasteiger partial charge on any atom is 0.409 e. The molecule has 3 heterocycles. The quantitative estimate of drug-likeness (QED) is 0.763. The molecule has 3 rings (SSSR count). The number of nitrogens with zero attached hydrogens (tertiary/aromatic N) is 3. The van der Waals surface area contributed by atoms with Gasteiger partial charge in [-0.25, -0.2) is 19.6 Å². The Labute approximate surface area is 126 Å². The third-order valence-corrected chi connectivity index (χ3v) is 3.46. The van der Waals surface area contributed by atoms with Gasteiger partial charge < -0.3 is 19.9 Å².